The number of carbonyl (C=O) groups is 1. The summed E-state index contributed by atoms with van der Waals surface area (Å²) in [7, 11) is 0. The second-order valence-corrected chi connectivity index (χ2v) is 4.69. The molecule has 1 fully saturated rings. The molecule has 1 aliphatic rings. The zero-order chi connectivity index (χ0) is 13.7. The second-order valence-electron chi connectivity index (χ2n) is 4.69. The highest BCUT2D eigenvalue weighted by molar-refractivity contribution is 5.93. The van der Waals surface area contributed by atoms with Gasteiger partial charge < -0.3 is 15.7 Å². The molecule has 2 heterocycles. The molecule has 0 atom stereocenters. The van der Waals surface area contributed by atoms with Crippen molar-refractivity contribution in [1.82, 2.24) is 15.2 Å². The average molecular weight is 264 g/mol. The van der Waals surface area contributed by atoms with Crippen LogP contribution < -0.4 is 10.6 Å². The lowest BCUT2D eigenvalue weighted by Crippen LogP contribution is -2.45. The quantitative estimate of drug-likeness (QED) is 0.715. The van der Waals surface area contributed by atoms with Gasteiger partial charge in [-0.1, -0.05) is 0 Å². The predicted octanol–water partition coefficient (Wildman–Crippen LogP) is 0.405. The number of aryl methyl sites for hydroxylation is 1. The molecule has 6 heteroatoms. The third-order valence-electron chi connectivity index (χ3n) is 3.22. The Morgan fingerprint density at radius 3 is 2.95 bits per heavy atom. The van der Waals surface area contributed by atoms with Crippen LogP contribution in [0.3, 0.4) is 0 Å². The summed E-state index contributed by atoms with van der Waals surface area (Å²) < 4.78 is 0. The Kier molecular flexibility index (Phi) is 4.70. The first-order valence-electron chi connectivity index (χ1n) is 6.53. The second kappa shape index (κ2) is 6.49. The summed E-state index contributed by atoms with van der Waals surface area (Å²) in [5, 5.41) is 15.6. The first kappa shape index (κ1) is 13.8. The topological polar surface area (TPSA) is 77.5 Å². The molecule has 0 spiro atoms. The molecule has 1 aromatic heterocycles. The molecule has 0 radical (unpaired) electrons. The number of aromatic nitrogens is 1. The normalized spacial score (nSPS) is 16.3. The van der Waals surface area contributed by atoms with Crippen LogP contribution in [0.4, 0.5) is 5.69 Å². The van der Waals surface area contributed by atoms with E-state index in [2.05, 4.69) is 20.5 Å². The van der Waals surface area contributed by atoms with Gasteiger partial charge in [0.2, 0.25) is 0 Å². The van der Waals surface area contributed by atoms with Gasteiger partial charge in [-0.2, -0.15) is 0 Å². The maximum atomic E-state index is 11.1. The van der Waals surface area contributed by atoms with Crippen molar-refractivity contribution < 1.29 is 9.90 Å². The number of piperazine rings is 1. The Morgan fingerprint density at radius 2 is 2.26 bits per heavy atom. The Hall–Kier alpha value is -1.66. The highest BCUT2D eigenvalue weighted by atomic mass is 16.4. The van der Waals surface area contributed by atoms with Crippen molar-refractivity contribution in [2.75, 3.05) is 44.6 Å². The van der Waals surface area contributed by atoms with Crippen molar-refractivity contribution in [3.63, 3.8) is 0 Å². The number of nitrogens with one attached hydrogen (secondary N) is 2. The van der Waals surface area contributed by atoms with Gasteiger partial charge in [0, 0.05) is 51.2 Å². The Morgan fingerprint density at radius 1 is 1.53 bits per heavy atom. The lowest BCUT2D eigenvalue weighted by molar-refractivity contribution is 0.0697. The van der Waals surface area contributed by atoms with E-state index in [4.69, 9.17) is 5.11 Å². The molecule has 6 nitrogen and oxygen atoms in total. The van der Waals surface area contributed by atoms with Crippen LogP contribution in [0.1, 0.15) is 16.1 Å². The number of nitrogens with zero attached hydrogens (tertiary/aromatic N) is 2. The van der Waals surface area contributed by atoms with Crippen LogP contribution in [0.5, 0.6) is 0 Å². The molecule has 104 valence electrons. The largest absolute Gasteiger partial charge is 0.478 e. The molecule has 0 unspecified atom stereocenters. The number of hydrogen-bond acceptors (Lipinski definition) is 5. The number of anilines is 1. The first-order chi connectivity index (χ1) is 9.16. The monoisotopic (exact) mass is 264 g/mol. The van der Waals surface area contributed by atoms with Gasteiger partial charge in [-0.25, -0.2) is 4.79 Å². The van der Waals surface area contributed by atoms with Crippen LogP contribution in [0.25, 0.3) is 0 Å². The number of rotatable bonds is 5. The minimum Gasteiger partial charge on any atom is -0.478 e. The van der Waals surface area contributed by atoms with E-state index in [1.807, 2.05) is 6.92 Å². The molecule has 3 N–H and O–H groups in total. The molecular weight excluding hydrogens is 244 g/mol. The van der Waals surface area contributed by atoms with Crippen molar-refractivity contribution in [3.05, 3.63) is 23.5 Å². The molecule has 1 aromatic rings. The third kappa shape index (κ3) is 3.90. The minimum atomic E-state index is -0.947. The van der Waals surface area contributed by atoms with E-state index < -0.39 is 5.97 Å². The summed E-state index contributed by atoms with van der Waals surface area (Å²) in [5.74, 6) is -0.947. The van der Waals surface area contributed by atoms with Gasteiger partial charge in [0.25, 0.3) is 0 Å². The molecule has 2 rings (SSSR count). The zero-order valence-corrected chi connectivity index (χ0v) is 11.1. The highest BCUT2D eigenvalue weighted by Crippen LogP contribution is 2.15. The fourth-order valence-corrected chi connectivity index (χ4v) is 2.16. The molecule has 0 bridgehead atoms. The third-order valence-corrected chi connectivity index (χ3v) is 3.22. The number of carboxylic acid groups (broad SMARTS) is 1. The van der Waals surface area contributed by atoms with Crippen molar-refractivity contribution in [2.24, 2.45) is 0 Å². The Bertz CT molecular complexity index is 444. The summed E-state index contributed by atoms with van der Waals surface area (Å²) in [6, 6.07) is 1.78. The van der Waals surface area contributed by atoms with E-state index in [0.717, 1.165) is 45.0 Å². The smallest absolute Gasteiger partial charge is 0.339 e. The summed E-state index contributed by atoms with van der Waals surface area (Å²) >= 11 is 0. The molecule has 1 saturated heterocycles. The molecular formula is C13H20N4O2. The van der Waals surface area contributed by atoms with Crippen molar-refractivity contribution in [2.45, 2.75) is 6.92 Å². The minimum absolute atomic E-state index is 0.228. The Balaban J connectivity index is 1.91. The van der Waals surface area contributed by atoms with Crippen LogP contribution >= 0.6 is 0 Å². The van der Waals surface area contributed by atoms with Gasteiger partial charge in [-0.05, 0) is 13.0 Å². The van der Waals surface area contributed by atoms with Crippen LogP contribution in [0.15, 0.2) is 12.3 Å². The van der Waals surface area contributed by atoms with E-state index in [-0.39, 0.29) is 5.56 Å². The number of hydrogen-bond donors (Lipinski definition) is 3. The molecule has 0 amide bonds. The fourth-order valence-electron chi connectivity index (χ4n) is 2.16. The number of aromatic carboxylic acids is 1. The summed E-state index contributed by atoms with van der Waals surface area (Å²) in [5.41, 5.74) is 1.69. The molecule has 0 saturated carbocycles. The van der Waals surface area contributed by atoms with Crippen molar-refractivity contribution in [3.8, 4) is 0 Å². The average Bonchev–Trinajstić information content (AvgIpc) is 2.39. The predicted molar refractivity (Wildman–Crippen MR) is 73.7 cm³/mol. The molecule has 19 heavy (non-hydrogen) atoms. The van der Waals surface area contributed by atoms with Crippen molar-refractivity contribution in [1.29, 1.82) is 0 Å². The maximum absolute atomic E-state index is 11.1. The summed E-state index contributed by atoms with van der Waals surface area (Å²) in [6.07, 6.45) is 1.41. The molecule has 0 aliphatic carbocycles. The van der Waals surface area contributed by atoms with E-state index in [9.17, 15) is 4.79 Å². The van der Waals surface area contributed by atoms with E-state index in [1.54, 1.807) is 6.07 Å². The summed E-state index contributed by atoms with van der Waals surface area (Å²) in [6.45, 7) is 7.65. The van der Waals surface area contributed by atoms with Gasteiger partial charge in [-0.15, -0.1) is 0 Å². The van der Waals surface area contributed by atoms with Gasteiger partial charge in [0.1, 0.15) is 5.56 Å². The van der Waals surface area contributed by atoms with E-state index in [0.29, 0.717) is 5.69 Å². The first-order valence-corrected chi connectivity index (χ1v) is 6.53. The molecule has 0 aromatic carbocycles. The van der Waals surface area contributed by atoms with Gasteiger partial charge in [0.15, 0.2) is 0 Å². The van der Waals surface area contributed by atoms with E-state index >= 15 is 0 Å². The number of carboxylic acids is 1. The van der Waals surface area contributed by atoms with Crippen LogP contribution in [-0.2, 0) is 0 Å². The zero-order valence-electron chi connectivity index (χ0n) is 11.1. The lowest BCUT2D eigenvalue weighted by atomic mass is 10.2. The number of pyridine rings is 1. The van der Waals surface area contributed by atoms with Gasteiger partial charge >= 0.3 is 5.97 Å². The van der Waals surface area contributed by atoms with Crippen LogP contribution in [0, 0.1) is 6.92 Å². The van der Waals surface area contributed by atoms with Gasteiger partial charge in [0.05, 0.1) is 5.69 Å². The highest BCUT2D eigenvalue weighted by Gasteiger charge is 2.12. The molecule has 1 aliphatic heterocycles. The van der Waals surface area contributed by atoms with Crippen LogP contribution in [-0.4, -0.2) is 60.2 Å². The lowest BCUT2D eigenvalue weighted by Gasteiger charge is -2.27. The SMILES string of the molecule is Cc1cc(NCCN2CCNCC2)c(C(=O)O)cn1. The van der Waals surface area contributed by atoms with Crippen molar-refractivity contribution >= 4 is 11.7 Å². The Labute approximate surface area is 112 Å². The van der Waals surface area contributed by atoms with Gasteiger partial charge in [-0.3, -0.25) is 9.88 Å². The fraction of sp³-hybridized carbons (Fsp3) is 0.538. The van der Waals surface area contributed by atoms with E-state index in [1.165, 1.54) is 6.20 Å². The maximum Gasteiger partial charge on any atom is 0.339 e. The van der Waals surface area contributed by atoms with Crippen LogP contribution in [0.2, 0.25) is 0 Å². The summed E-state index contributed by atoms with van der Waals surface area (Å²) in [4.78, 5) is 17.5. The standard InChI is InChI=1S/C13H20N4O2/c1-10-8-12(11(9-16-10)13(18)19)15-4-7-17-5-2-14-3-6-17/h8-9,14H,2-7H2,1H3,(H,15,16)(H,18,19).